The smallest absolute Gasteiger partial charge is 0.407 e. The molecule has 15 heteroatoms. The molecule has 5 atom stereocenters. The van der Waals surface area contributed by atoms with Gasteiger partial charge in [0.15, 0.2) is 17.8 Å². The van der Waals surface area contributed by atoms with Crippen LogP contribution in [0.1, 0.15) is 42.0 Å². The fourth-order valence-corrected chi connectivity index (χ4v) is 7.67. The van der Waals surface area contributed by atoms with Gasteiger partial charge in [0.05, 0.1) is 52.3 Å². The average molecular weight is 708 g/mol. The van der Waals surface area contributed by atoms with Gasteiger partial charge in [-0.3, -0.25) is 0 Å². The van der Waals surface area contributed by atoms with Gasteiger partial charge in [-0.15, -0.1) is 11.3 Å². The third-order valence-corrected chi connectivity index (χ3v) is 10.5. The summed E-state index contributed by atoms with van der Waals surface area (Å²) in [6, 6.07) is 8.80. The maximum Gasteiger partial charge on any atom is 0.407 e. The molecule has 13 nitrogen and oxygen atoms in total. The molecule has 0 saturated carbocycles. The van der Waals surface area contributed by atoms with Crippen molar-refractivity contribution in [1.29, 1.82) is 0 Å². The van der Waals surface area contributed by atoms with Crippen LogP contribution in [0.4, 0.5) is 4.79 Å². The molecule has 3 aliphatic heterocycles. The molecular formula is C33H41N3O10S2. The quantitative estimate of drug-likeness (QED) is 0.251. The Kier molecular flexibility index (Phi) is 9.18. The number of fused-ring (bicyclic) bond motifs is 2. The number of amides is 1. The predicted molar refractivity (Wildman–Crippen MR) is 174 cm³/mol. The summed E-state index contributed by atoms with van der Waals surface area (Å²) in [7, 11) is -4.31. The second-order valence-corrected chi connectivity index (χ2v) is 15.0. The fourth-order valence-electron chi connectivity index (χ4n) is 5.54. The van der Waals surface area contributed by atoms with Crippen molar-refractivity contribution in [1.82, 2.24) is 14.6 Å². The number of alkyl carbamates (subject to hydrolysis) is 1. The Morgan fingerprint density at radius 3 is 2.75 bits per heavy atom. The van der Waals surface area contributed by atoms with Gasteiger partial charge in [-0.1, -0.05) is 26.0 Å². The highest BCUT2D eigenvalue weighted by Crippen LogP contribution is 2.35. The van der Waals surface area contributed by atoms with Gasteiger partial charge >= 0.3 is 6.09 Å². The van der Waals surface area contributed by atoms with E-state index in [1.54, 1.807) is 38.3 Å². The molecule has 2 saturated heterocycles. The number of carbonyl (C=O) groups excluding carboxylic acids is 1. The summed E-state index contributed by atoms with van der Waals surface area (Å²) in [6.07, 6.45) is -5.98. The standard InChI is InChI=1S/C33H41N3O10S2/c1-20(2)14-36(48(39,40)25-8-9-29-30(13-25)45-19-44-29)15-28(37)27(35-33(38)46-31-17-43-32-26(31)10-11-41-32)12-22-4-6-24(7-5-22)42-16-23-18-47-21(3)34-23/h4-9,13,18,20,26-28,31-32,37H,10-12,14-17,19H2,1-3H3,(H,35,38)/t26-,27-,28-,31-,32+/m0/s1/i16D2,28D,31D. The van der Waals surface area contributed by atoms with Crippen molar-refractivity contribution in [2.45, 2.75) is 69.6 Å². The van der Waals surface area contributed by atoms with Crippen LogP contribution in [-0.4, -0.2) is 86.5 Å². The third kappa shape index (κ3) is 8.21. The molecule has 4 heterocycles. The van der Waals surface area contributed by atoms with Crippen molar-refractivity contribution >= 4 is 27.5 Å². The highest BCUT2D eigenvalue weighted by molar-refractivity contribution is 7.89. The Labute approximate surface area is 289 Å². The molecule has 0 radical (unpaired) electrons. The van der Waals surface area contributed by atoms with Crippen LogP contribution in [0.5, 0.6) is 17.2 Å². The minimum absolute atomic E-state index is 0.0592. The first kappa shape index (κ1) is 29.4. The van der Waals surface area contributed by atoms with E-state index in [0.29, 0.717) is 29.3 Å². The lowest BCUT2D eigenvalue weighted by molar-refractivity contribution is -0.0907. The summed E-state index contributed by atoms with van der Waals surface area (Å²) < 4.78 is 96.3. The topological polar surface area (TPSA) is 155 Å². The SMILES string of the molecule is [2H]C([2H])(Oc1ccc(C[C@H](NC(=O)O[C@@]2([2H])CO[C@H]3OCC[C@H]32)[C@@]([2H])(O)CN(CC(C)C)S(=O)(=O)c2ccc3c(c2)OCO3)cc1)c1csc(C)n1. The minimum atomic E-state index is -4.31. The largest absolute Gasteiger partial charge is 0.487 e. The van der Waals surface area contributed by atoms with Gasteiger partial charge in [0.1, 0.15) is 18.4 Å². The van der Waals surface area contributed by atoms with Crippen molar-refractivity contribution in [2.75, 3.05) is 33.1 Å². The summed E-state index contributed by atoms with van der Waals surface area (Å²) in [5, 5.41) is 16.6. The van der Waals surface area contributed by atoms with E-state index >= 15 is 0 Å². The first-order valence-corrected chi connectivity index (χ1v) is 17.8. The van der Waals surface area contributed by atoms with Crippen molar-refractivity contribution < 1.29 is 52.2 Å². The normalized spacial score (nSPS) is 25.0. The zero-order chi connectivity index (χ0) is 37.5. The number of nitrogens with zero attached hydrogens (tertiary/aromatic N) is 2. The highest BCUT2D eigenvalue weighted by Gasteiger charge is 2.44. The molecule has 0 bridgehead atoms. The van der Waals surface area contributed by atoms with Gasteiger partial charge in [-0.05, 0) is 55.5 Å². The number of nitrogens with one attached hydrogen (secondary N) is 1. The molecule has 1 amide bonds. The Balaban J connectivity index is 1.25. The summed E-state index contributed by atoms with van der Waals surface area (Å²) in [5.74, 6) is 0.0431. The van der Waals surface area contributed by atoms with E-state index in [1.807, 2.05) is 0 Å². The molecule has 1 aromatic heterocycles. The number of aryl methyl sites for hydroxylation is 1. The summed E-state index contributed by atoms with van der Waals surface area (Å²) in [4.78, 5) is 17.4. The van der Waals surface area contributed by atoms with Crippen molar-refractivity contribution in [3.8, 4) is 17.2 Å². The first-order valence-electron chi connectivity index (χ1n) is 17.5. The number of hydrogen-bond acceptors (Lipinski definition) is 12. The fraction of sp³-hybridized carbons (Fsp3) is 0.515. The van der Waals surface area contributed by atoms with Gasteiger partial charge in [-0.25, -0.2) is 18.2 Å². The van der Waals surface area contributed by atoms with Crippen molar-refractivity contribution in [3.63, 3.8) is 0 Å². The maximum atomic E-state index is 14.0. The lowest BCUT2D eigenvalue weighted by Crippen LogP contribution is -2.51. The van der Waals surface area contributed by atoms with E-state index in [0.717, 1.165) is 4.31 Å². The summed E-state index contributed by atoms with van der Waals surface area (Å²) in [6.45, 7) is 2.33. The van der Waals surface area contributed by atoms with Gasteiger partial charge in [0, 0.05) is 24.5 Å². The zero-order valence-electron chi connectivity index (χ0n) is 30.7. The molecule has 2 fully saturated rings. The molecule has 260 valence electrons. The molecule has 2 aromatic carbocycles. The van der Waals surface area contributed by atoms with Gasteiger partial charge < -0.3 is 38.8 Å². The second-order valence-electron chi connectivity index (χ2n) is 12.0. The van der Waals surface area contributed by atoms with Crippen LogP contribution in [-0.2, 0) is 37.2 Å². The van der Waals surface area contributed by atoms with Crippen molar-refractivity contribution in [3.05, 3.63) is 64.1 Å². The Morgan fingerprint density at radius 1 is 1.21 bits per heavy atom. The minimum Gasteiger partial charge on any atom is -0.487 e. The molecule has 6 rings (SSSR count). The van der Waals surface area contributed by atoms with Crippen LogP contribution in [0.25, 0.3) is 0 Å². The lowest BCUT2D eigenvalue weighted by atomic mass is 10.0. The van der Waals surface area contributed by atoms with Crippen LogP contribution >= 0.6 is 11.3 Å². The second kappa shape index (κ2) is 15.0. The molecular weight excluding hydrogens is 663 g/mol. The Hall–Kier alpha value is -3.47. The summed E-state index contributed by atoms with van der Waals surface area (Å²) >= 11 is 1.29. The van der Waals surface area contributed by atoms with Crippen LogP contribution in [0.2, 0.25) is 0 Å². The molecule has 0 spiro atoms. The molecule has 3 aliphatic rings. The number of benzene rings is 2. The van der Waals surface area contributed by atoms with Gasteiger partial charge in [0.2, 0.25) is 16.8 Å². The van der Waals surface area contributed by atoms with E-state index in [-0.39, 0.29) is 54.4 Å². The number of rotatable bonds is 14. The van der Waals surface area contributed by atoms with Gasteiger partial charge in [0.25, 0.3) is 0 Å². The molecule has 0 aliphatic carbocycles. The molecule has 2 N–H and O–H groups in total. The monoisotopic (exact) mass is 707 g/mol. The first-order chi connectivity index (χ1) is 24.4. The number of ether oxygens (including phenoxy) is 6. The predicted octanol–water partition coefficient (Wildman–Crippen LogP) is 3.87. The average Bonchev–Trinajstić information content (AvgIpc) is 3.88. The van der Waals surface area contributed by atoms with Crippen LogP contribution in [0.15, 0.2) is 52.7 Å². The van der Waals surface area contributed by atoms with E-state index < -0.39 is 59.6 Å². The van der Waals surface area contributed by atoms with Crippen LogP contribution in [0.3, 0.4) is 0 Å². The van der Waals surface area contributed by atoms with E-state index in [2.05, 4.69) is 10.3 Å². The number of aromatic nitrogens is 1. The number of thiazole rings is 1. The van der Waals surface area contributed by atoms with E-state index in [1.165, 1.54) is 41.7 Å². The summed E-state index contributed by atoms with van der Waals surface area (Å²) in [5.41, 5.74) is 0.606. The van der Waals surface area contributed by atoms with Crippen LogP contribution in [0, 0.1) is 18.8 Å². The van der Waals surface area contributed by atoms with E-state index in [4.69, 9.17) is 33.9 Å². The Bertz CT molecular complexity index is 1860. The van der Waals surface area contributed by atoms with Crippen LogP contribution < -0.4 is 19.5 Å². The van der Waals surface area contributed by atoms with Gasteiger partial charge in [-0.2, -0.15) is 4.31 Å². The highest BCUT2D eigenvalue weighted by atomic mass is 32.2. The third-order valence-electron chi connectivity index (χ3n) is 7.91. The van der Waals surface area contributed by atoms with Crippen molar-refractivity contribution in [2.24, 2.45) is 11.8 Å². The molecule has 3 aromatic rings. The van der Waals surface area contributed by atoms with E-state index in [9.17, 15) is 18.3 Å². The zero-order valence-corrected chi connectivity index (χ0v) is 28.3. The number of sulfonamides is 1. The lowest BCUT2D eigenvalue weighted by Gasteiger charge is -2.31. The Morgan fingerprint density at radius 2 is 2.00 bits per heavy atom. The number of carbonyl (C=O) groups is 1. The number of aliphatic hydroxyl groups is 1. The maximum absolute atomic E-state index is 14.0. The molecule has 0 unspecified atom stereocenters. The molecule has 48 heavy (non-hydrogen) atoms. The number of hydrogen-bond donors (Lipinski definition) is 2.